The third kappa shape index (κ3) is 3.27. The van der Waals surface area contributed by atoms with Crippen molar-refractivity contribution >= 4 is 0 Å². The van der Waals surface area contributed by atoms with Crippen LogP contribution in [-0.2, 0) is 17.9 Å². The normalized spacial score (nSPS) is 16.6. The van der Waals surface area contributed by atoms with Crippen molar-refractivity contribution in [1.82, 2.24) is 0 Å². The lowest BCUT2D eigenvalue weighted by Crippen LogP contribution is -2.08. The summed E-state index contributed by atoms with van der Waals surface area (Å²) in [5.41, 5.74) is 6.65. The molecule has 1 aliphatic carbocycles. The fraction of sp³-hybridized carbons (Fsp3) is 0.571. The molecule has 0 radical (unpaired) electrons. The molecule has 1 aliphatic rings. The minimum atomic E-state index is -0.207. The first kappa shape index (κ1) is 12.5. The van der Waals surface area contributed by atoms with Crippen molar-refractivity contribution in [2.45, 2.75) is 38.8 Å². The van der Waals surface area contributed by atoms with Gasteiger partial charge in [0.2, 0.25) is 0 Å². The van der Waals surface area contributed by atoms with Crippen LogP contribution in [-0.4, -0.2) is 6.61 Å². The Morgan fingerprint density at radius 3 is 2.65 bits per heavy atom. The molecule has 1 saturated carbocycles. The molecule has 0 atom stereocenters. The van der Waals surface area contributed by atoms with Crippen molar-refractivity contribution in [3.63, 3.8) is 0 Å². The lowest BCUT2D eigenvalue weighted by atomic mass is 10.1. The van der Waals surface area contributed by atoms with E-state index in [0.29, 0.717) is 23.7 Å². The van der Waals surface area contributed by atoms with Crippen LogP contribution in [0.4, 0.5) is 4.39 Å². The Hall–Kier alpha value is -0.930. The molecule has 0 saturated heterocycles. The van der Waals surface area contributed by atoms with Crippen LogP contribution in [0.1, 0.15) is 36.8 Å². The molecule has 0 spiro atoms. The Morgan fingerprint density at radius 2 is 1.94 bits per heavy atom. The zero-order valence-electron chi connectivity index (χ0n) is 10.1. The second-order valence-electron chi connectivity index (χ2n) is 4.76. The van der Waals surface area contributed by atoms with Gasteiger partial charge < -0.3 is 10.5 Å². The van der Waals surface area contributed by atoms with Gasteiger partial charge in [0.05, 0.1) is 6.61 Å². The van der Waals surface area contributed by atoms with Crippen LogP contribution in [0.3, 0.4) is 0 Å². The van der Waals surface area contributed by atoms with Gasteiger partial charge in [-0.05, 0) is 18.8 Å². The summed E-state index contributed by atoms with van der Waals surface area (Å²) in [5.74, 6) is 0.470. The first-order valence-corrected chi connectivity index (χ1v) is 6.35. The standard InChI is InChI=1S/C14H20FNO/c15-14-12(8-16)6-3-7-13(14)10-17-9-11-4-1-2-5-11/h3,6-7,11H,1-2,4-5,8-10,16H2. The molecular formula is C14H20FNO. The predicted molar refractivity (Wildman–Crippen MR) is 65.9 cm³/mol. The van der Waals surface area contributed by atoms with Crippen molar-refractivity contribution in [2.75, 3.05) is 6.61 Å². The zero-order chi connectivity index (χ0) is 12.1. The Morgan fingerprint density at radius 1 is 1.24 bits per heavy atom. The fourth-order valence-corrected chi connectivity index (χ4v) is 2.41. The summed E-state index contributed by atoms with van der Waals surface area (Å²) < 4.78 is 19.4. The third-order valence-electron chi connectivity index (χ3n) is 3.46. The molecule has 2 nitrogen and oxygen atoms in total. The Balaban J connectivity index is 1.85. The average molecular weight is 237 g/mol. The van der Waals surface area contributed by atoms with Crippen LogP contribution in [0.2, 0.25) is 0 Å². The van der Waals surface area contributed by atoms with Crippen molar-refractivity contribution in [1.29, 1.82) is 0 Å². The summed E-state index contributed by atoms with van der Waals surface area (Å²) in [6.45, 7) is 1.35. The largest absolute Gasteiger partial charge is 0.376 e. The van der Waals surface area contributed by atoms with Crippen LogP contribution in [0.5, 0.6) is 0 Å². The van der Waals surface area contributed by atoms with Crippen molar-refractivity contribution in [3.05, 3.63) is 35.1 Å². The number of hydrogen-bond donors (Lipinski definition) is 1. The number of hydrogen-bond acceptors (Lipinski definition) is 2. The van der Waals surface area contributed by atoms with Gasteiger partial charge in [0, 0.05) is 24.3 Å². The highest BCUT2D eigenvalue weighted by Crippen LogP contribution is 2.25. The van der Waals surface area contributed by atoms with Crippen molar-refractivity contribution in [2.24, 2.45) is 11.7 Å². The number of rotatable bonds is 5. The predicted octanol–water partition coefficient (Wildman–Crippen LogP) is 2.99. The molecule has 0 aliphatic heterocycles. The Bertz CT molecular complexity index is 361. The SMILES string of the molecule is NCc1cccc(COCC2CCCC2)c1F. The summed E-state index contributed by atoms with van der Waals surface area (Å²) in [6.07, 6.45) is 5.13. The summed E-state index contributed by atoms with van der Waals surface area (Å²) >= 11 is 0. The maximum Gasteiger partial charge on any atom is 0.133 e. The molecule has 0 amide bonds. The second-order valence-corrected chi connectivity index (χ2v) is 4.76. The van der Waals surface area contributed by atoms with Gasteiger partial charge in [-0.2, -0.15) is 0 Å². The van der Waals surface area contributed by atoms with Crippen LogP contribution < -0.4 is 5.73 Å². The van der Waals surface area contributed by atoms with E-state index in [1.165, 1.54) is 25.7 Å². The number of ether oxygens (including phenoxy) is 1. The highest BCUT2D eigenvalue weighted by Gasteiger charge is 2.15. The van der Waals surface area contributed by atoms with Crippen LogP contribution >= 0.6 is 0 Å². The highest BCUT2D eigenvalue weighted by molar-refractivity contribution is 5.25. The third-order valence-corrected chi connectivity index (χ3v) is 3.46. The first-order chi connectivity index (χ1) is 8.31. The maximum atomic E-state index is 13.8. The van der Waals surface area contributed by atoms with E-state index in [0.717, 1.165) is 6.61 Å². The van der Waals surface area contributed by atoms with E-state index >= 15 is 0 Å². The van der Waals surface area contributed by atoms with E-state index in [2.05, 4.69) is 0 Å². The van der Waals surface area contributed by atoms with Crippen molar-refractivity contribution in [3.8, 4) is 0 Å². The van der Waals surface area contributed by atoms with E-state index in [9.17, 15) is 4.39 Å². The van der Waals surface area contributed by atoms with Crippen molar-refractivity contribution < 1.29 is 9.13 Å². The van der Waals surface area contributed by atoms with Gasteiger partial charge in [0.1, 0.15) is 5.82 Å². The summed E-state index contributed by atoms with van der Waals surface area (Å²) in [5, 5.41) is 0. The van der Waals surface area contributed by atoms with Crippen LogP contribution in [0.15, 0.2) is 18.2 Å². The van der Waals surface area contributed by atoms with Gasteiger partial charge in [0.15, 0.2) is 0 Å². The van der Waals surface area contributed by atoms with E-state index in [1.807, 2.05) is 6.07 Å². The van der Waals surface area contributed by atoms with E-state index in [-0.39, 0.29) is 12.4 Å². The van der Waals surface area contributed by atoms with Gasteiger partial charge in [0.25, 0.3) is 0 Å². The molecule has 3 heteroatoms. The fourth-order valence-electron chi connectivity index (χ4n) is 2.41. The topological polar surface area (TPSA) is 35.2 Å². The molecule has 2 N–H and O–H groups in total. The van der Waals surface area contributed by atoms with Gasteiger partial charge in [-0.1, -0.05) is 31.0 Å². The van der Waals surface area contributed by atoms with E-state index in [1.54, 1.807) is 12.1 Å². The lowest BCUT2D eigenvalue weighted by molar-refractivity contribution is 0.0869. The number of nitrogens with two attached hydrogens (primary N) is 1. The molecule has 94 valence electrons. The molecule has 0 unspecified atom stereocenters. The molecule has 17 heavy (non-hydrogen) atoms. The van der Waals surface area contributed by atoms with Gasteiger partial charge in [-0.3, -0.25) is 0 Å². The van der Waals surface area contributed by atoms with E-state index in [4.69, 9.17) is 10.5 Å². The molecule has 0 aromatic heterocycles. The monoisotopic (exact) mass is 237 g/mol. The maximum absolute atomic E-state index is 13.8. The van der Waals surface area contributed by atoms with Gasteiger partial charge in [-0.25, -0.2) is 4.39 Å². The Kier molecular flexibility index (Phi) is 4.51. The smallest absolute Gasteiger partial charge is 0.133 e. The first-order valence-electron chi connectivity index (χ1n) is 6.35. The second kappa shape index (κ2) is 6.12. The van der Waals surface area contributed by atoms with E-state index < -0.39 is 0 Å². The molecule has 1 fully saturated rings. The van der Waals surface area contributed by atoms with Gasteiger partial charge in [-0.15, -0.1) is 0 Å². The molecule has 0 heterocycles. The molecule has 2 rings (SSSR count). The average Bonchev–Trinajstić information content (AvgIpc) is 2.84. The highest BCUT2D eigenvalue weighted by atomic mass is 19.1. The summed E-state index contributed by atoms with van der Waals surface area (Å²) in [6, 6.07) is 5.32. The Labute approximate surface area is 102 Å². The van der Waals surface area contributed by atoms with Crippen LogP contribution in [0.25, 0.3) is 0 Å². The number of benzene rings is 1. The lowest BCUT2D eigenvalue weighted by Gasteiger charge is -2.11. The summed E-state index contributed by atoms with van der Waals surface area (Å²) in [4.78, 5) is 0. The van der Waals surface area contributed by atoms with Gasteiger partial charge >= 0.3 is 0 Å². The minimum Gasteiger partial charge on any atom is -0.376 e. The summed E-state index contributed by atoms with van der Waals surface area (Å²) in [7, 11) is 0. The number of halogens is 1. The molecule has 0 bridgehead atoms. The molecular weight excluding hydrogens is 217 g/mol. The minimum absolute atomic E-state index is 0.207. The zero-order valence-corrected chi connectivity index (χ0v) is 10.1. The molecule has 1 aromatic rings. The quantitative estimate of drug-likeness (QED) is 0.854. The molecule has 1 aromatic carbocycles. The van der Waals surface area contributed by atoms with Crippen LogP contribution in [0, 0.1) is 11.7 Å².